The Bertz CT molecular complexity index is 581. The molecule has 0 heterocycles. The quantitative estimate of drug-likeness (QED) is 0.848. The molecular formula is C15H24N2O2S. The molecule has 0 spiro atoms. The van der Waals surface area contributed by atoms with Gasteiger partial charge in [-0.3, -0.25) is 0 Å². The summed E-state index contributed by atoms with van der Waals surface area (Å²) in [6.45, 7) is 8.65. The van der Waals surface area contributed by atoms with Gasteiger partial charge in [-0.2, -0.15) is 0 Å². The molecule has 0 saturated heterocycles. The predicted octanol–water partition coefficient (Wildman–Crippen LogP) is 2.96. The lowest BCUT2D eigenvalue weighted by molar-refractivity contribution is 0.557. The van der Waals surface area contributed by atoms with Crippen molar-refractivity contribution in [2.45, 2.75) is 57.4 Å². The fraction of sp³-hybridized carbons (Fsp3) is 0.600. The molecule has 112 valence electrons. The van der Waals surface area contributed by atoms with Crippen molar-refractivity contribution < 1.29 is 8.42 Å². The van der Waals surface area contributed by atoms with E-state index in [1.807, 2.05) is 32.9 Å². The van der Waals surface area contributed by atoms with Crippen LogP contribution in [0.25, 0.3) is 0 Å². The van der Waals surface area contributed by atoms with Crippen molar-refractivity contribution in [1.29, 1.82) is 0 Å². The van der Waals surface area contributed by atoms with Crippen molar-refractivity contribution in [3.8, 4) is 0 Å². The lowest BCUT2D eigenvalue weighted by Gasteiger charge is -2.17. The molecule has 1 aromatic rings. The summed E-state index contributed by atoms with van der Waals surface area (Å²) in [6, 6.07) is 3.82. The van der Waals surface area contributed by atoms with Gasteiger partial charge >= 0.3 is 0 Å². The lowest BCUT2D eigenvalue weighted by atomic mass is 10.1. The van der Waals surface area contributed by atoms with Gasteiger partial charge in [-0.25, -0.2) is 13.1 Å². The minimum atomic E-state index is -3.43. The summed E-state index contributed by atoms with van der Waals surface area (Å²) in [5.74, 6) is 0. The molecule has 0 aliphatic heterocycles. The fourth-order valence-corrected chi connectivity index (χ4v) is 4.33. The number of rotatable bonds is 6. The van der Waals surface area contributed by atoms with E-state index in [9.17, 15) is 8.42 Å². The third-order valence-corrected chi connectivity index (χ3v) is 5.63. The van der Waals surface area contributed by atoms with Crippen LogP contribution in [-0.4, -0.2) is 20.5 Å². The van der Waals surface area contributed by atoms with Gasteiger partial charge in [-0.05, 0) is 63.3 Å². The second-order valence-corrected chi connectivity index (χ2v) is 7.65. The van der Waals surface area contributed by atoms with Crippen molar-refractivity contribution in [2.24, 2.45) is 0 Å². The van der Waals surface area contributed by atoms with Gasteiger partial charge in [0.05, 0.1) is 4.90 Å². The van der Waals surface area contributed by atoms with E-state index in [-0.39, 0.29) is 5.54 Å². The summed E-state index contributed by atoms with van der Waals surface area (Å²) in [6.07, 6.45) is 2.87. The van der Waals surface area contributed by atoms with Crippen molar-refractivity contribution in [1.82, 2.24) is 4.72 Å². The van der Waals surface area contributed by atoms with Gasteiger partial charge in [-0.1, -0.05) is 6.92 Å². The Morgan fingerprint density at radius 3 is 2.20 bits per heavy atom. The van der Waals surface area contributed by atoms with E-state index in [0.717, 1.165) is 42.6 Å². The average molecular weight is 296 g/mol. The molecule has 0 atom stereocenters. The summed E-state index contributed by atoms with van der Waals surface area (Å²) >= 11 is 0. The molecule has 4 nitrogen and oxygen atoms in total. The van der Waals surface area contributed by atoms with Gasteiger partial charge in [0.15, 0.2) is 0 Å². The molecule has 0 bridgehead atoms. The maximum absolute atomic E-state index is 12.5. The van der Waals surface area contributed by atoms with E-state index in [2.05, 4.69) is 17.0 Å². The highest BCUT2D eigenvalue weighted by Crippen LogP contribution is 2.37. The van der Waals surface area contributed by atoms with E-state index in [1.54, 1.807) is 0 Å². The summed E-state index contributed by atoms with van der Waals surface area (Å²) in [4.78, 5) is 0.424. The van der Waals surface area contributed by atoms with Crippen LogP contribution in [0.4, 0.5) is 5.69 Å². The molecule has 5 heteroatoms. The maximum Gasteiger partial charge on any atom is 0.241 e. The molecule has 2 rings (SSSR count). The predicted molar refractivity (Wildman–Crippen MR) is 82.7 cm³/mol. The number of benzene rings is 1. The van der Waals surface area contributed by atoms with Crippen LogP contribution in [0.5, 0.6) is 0 Å². The Labute approximate surface area is 122 Å². The molecule has 1 saturated carbocycles. The van der Waals surface area contributed by atoms with Crippen LogP contribution in [0.15, 0.2) is 17.0 Å². The number of aryl methyl sites for hydroxylation is 2. The van der Waals surface area contributed by atoms with Crippen LogP contribution in [0, 0.1) is 13.8 Å². The standard InChI is InChI=1S/C15H24N2O2S/c1-5-8-16-13-9-11(2)14(12(3)10-13)20(18,19)17-15(4)6-7-15/h9-10,16-17H,5-8H2,1-4H3. The largest absolute Gasteiger partial charge is 0.385 e. The Morgan fingerprint density at radius 1 is 1.20 bits per heavy atom. The summed E-state index contributed by atoms with van der Waals surface area (Å²) in [7, 11) is -3.43. The first-order valence-electron chi connectivity index (χ1n) is 7.16. The minimum absolute atomic E-state index is 0.239. The third kappa shape index (κ3) is 3.33. The number of nitrogens with one attached hydrogen (secondary N) is 2. The van der Waals surface area contributed by atoms with Crippen LogP contribution >= 0.6 is 0 Å². The van der Waals surface area contributed by atoms with Gasteiger partial charge in [0, 0.05) is 17.8 Å². The summed E-state index contributed by atoms with van der Waals surface area (Å²) in [5.41, 5.74) is 2.33. The first-order valence-corrected chi connectivity index (χ1v) is 8.65. The van der Waals surface area contributed by atoms with E-state index in [4.69, 9.17) is 0 Å². The zero-order valence-electron chi connectivity index (χ0n) is 12.7. The first kappa shape index (κ1) is 15.3. The monoisotopic (exact) mass is 296 g/mol. The Hall–Kier alpha value is -1.07. The molecule has 20 heavy (non-hydrogen) atoms. The highest BCUT2D eigenvalue weighted by molar-refractivity contribution is 7.89. The molecule has 0 unspecified atom stereocenters. The molecule has 1 aromatic carbocycles. The molecule has 1 aliphatic carbocycles. The van der Waals surface area contributed by atoms with E-state index >= 15 is 0 Å². The smallest absolute Gasteiger partial charge is 0.241 e. The number of sulfonamides is 1. The molecule has 0 aromatic heterocycles. The number of anilines is 1. The van der Waals surface area contributed by atoms with Crippen molar-refractivity contribution in [3.05, 3.63) is 23.3 Å². The van der Waals surface area contributed by atoms with Gasteiger partial charge < -0.3 is 5.32 Å². The zero-order chi connectivity index (χ0) is 15.0. The molecule has 0 radical (unpaired) electrons. The molecule has 1 aliphatic rings. The summed E-state index contributed by atoms with van der Waals surface area (Å²) < 4.78 is 27.9. The van der Waals surface area contributed by atoms with Crippen molar-refractivity contribution >= 4 is 15.7 Å². The van der Waals surface area contributed by atoms with Crippen LogP contribution in [0.3, 0.4) is 0 Å². The second-order valence-electron chi connectivity index (χ2n) is 6.03. The Morgan fingerprint density at radius 2 is 1.75 bits per heavy atom. The van der Waals surface area contributed by atoms with E-state index in [0.29, 0.717) is 4.90 Å². The second kappa shape index (κ2) is 5.37. The highest BCUT2D eigenvalue weighted by atomic mass is 32.2. The number of hydrogen-bond donors (Lipinski definition) is 2. The number of hydrogen-bond acceptors (Lipinski definition) is 3. The third-order valence-electron chi connectivity index (χ3n) is 3.69. The Kier molecular flexibility index (Phi) is 4.12. The minimum Gasteiger partial charge on any atom is -0.385 e. The van der Waals surface area contributed by atoms with E-state index in [1.165, 1.54) is 0 Å². The fourth-order valence-electron chi connectivity index (χ4n) is 2.41. The average Bonchev–Trinajstić information content (AvgIpc) is 3.01. The van der Waals surface area contributed by atoms with Gasteiger partial charge in [0.1, 0.15) is 0 Å². The normalized spacial score (nSPS) is 17.0. The summed E-state index contributed by atoms with van der Waals surface area (Å²) in [5, 5.41) is 3.30. The van der Waals surface area contributed by atoms with Crippen LogP contribution < -0.4 is 10.0 Å². The topological polar surface area (TPSA) is 58.2 Å². The lowest BCUT2D eigenvalue weighted by Crippen LogP contribution is -2.35. The first-order chi connectivity index (χ1) is 9.27. The molecule has 0 amide bonds. The van der Waals surface area contributed by atoms with Crippen LogP contribution in [0.1, 0.15) is 44.2 Å². The molecular weight excluding hydrogens is 272 g/mol. The van der Waals surface area contributed by atoms with Crippen LogP contribution in [0.2, 0.25) is 0 Å². The SMILES string of the molecule is CCCNc1cc(C)c(S(=O)(=O)NC2(C)CC2)c(C)c1. The molecule has 2 N–H and O–H groups in total. The van der Waals surface area contributed by atoms with Gasteiger partial charge in [-0.15, -0.1) is 0 Å². The van der Waals surface area contributed by atoms with Crippen LogP contribution in [-0.2, 0) is 10.0 Å². The highest BCUT2D eigenvalue weighted by Gasteiger charge is 2.41. The van der Waals surface area contributed by atoms with E-state index < -0.39 is 10.0 Å². The van der Waals surface area contributed by atoms with Crippen molar-refractivity contribution in [2.75, 3.05) is 11.9 Å². The molecule has 1 fully saturated rings. The van der Waals surface area contributed by atoms with Gasteiger partial charge in [0.2, 0.25) is 10.0 Å². The van der Waals surface area contributed by atoms with Crippen molar-refractivity contribution in [3.63, 3.8) is 0 Å². The zero-order valence-corrected chi connectivity index (χ0v) is 13.5. The maximum atomic E-state index is 12.5. The Balaban J connectivity index is 2.32. The van der Waals surface area contributed by atoms with Gasteiger partial charge in [0.25, 0.3) is 0 Å².